The van der Waals surface area contributed by atoms with Crippen LogP contribution in [0, 0.1) is 13.8 Å². The second kappa shape index (κ2) is 7.25. The number of carbonyl (C=O) groups excluding carboxylic acids is 1. The molecule has 0 fully saturated rings. The predicted molar refractivity (Wildman–Crippen MR) is 107 cm³/mol. The van der Waals surface area contributed by atoms with Gasteiger partial charge in [0, 0.05) is 21.7 Å². The van der Waals surface area contributed by atoms with Crippen molar-refractivity contribution in [2.45, 2.75) is 23.6 Å². The fraction of sp³-hybridized carbons (Fsp3) is 0.0952. The van der Waals surface area contributed by atoms with Crippen molar-refractivity contribution in [2.24, 2.45) is 0 Å². The van der Waals surface area contributed by atoms with E-state index in [-0.39, 0.29) is 5.91 Å². The molecule has 4 rings (SSSR count). The molecule has 0 atom stereocenters. The molecule has 0 unspecified atom stereocenters. The van der Waals surface area contributed by atoms with Crippen LogP contribution in [0.15, 0.2) is 76.9 Å². The van der Waals surface area contributed by atoms with Gasteiger partial charge in [0.1, 0.15) is 6.33 Å². The smallest absolute Gasteiger partial charge is 0.257 e. The molecule has 1 N–H and O–H groups in total. The van der Waals surface area contributed by atoms with Gasteiger partial charge in [-0.1, -0.05) is 29.5 Å². The lowest BCUT2D eigenvalue weighted by atomic mass is 10.2. The minimum Gasteiger partial charge on any atom is -0.322 e. The first-order valence-corrected chi connectivity index (χ1v) is 9.36. The van der Waals surface area contributed by atoms with Crippen molar-refractivity contribution in [1.82, 2.24) is 14.6 Å². The lowest BCUT2D eigenvalue weighted by Crippen LogP contribution is -2.12. The SMILES string of the molecule is Cc1ccc(Sc2ccc(NC(=O)c3ccc4nncn4c3)cc2)c(C)c1. The molecule has 2 aromatic carbocycles. The van der Waals surface area contributed by atoms with Crippen LogP contribution in [0.5, 0.6) is 0 Å². The predicted octanol–water partition coefficient (Wildman–Crippen LogP) is 4.75. The van der Waals surface area contributed by atoms with E-state index >= 15 is 0 Å². The summed E-state index contributed by atoms with van der Waals surface area (Å²) in [5.74, 6) is -0.166. The summed E-state index contributed by atoms with van der Waals surface area (Å²) in [4.78, 5) is 14.8. The van der Waals surface area contributed by atoms with Crippen molar-refractivity contribution in [3.05, 3.63) is 83.8 Å². The van der Waals surface area contributed by atoms with Gasteiger partial charge >= 0.3 is 0 Å². The largest absolute Gasteiger partial charge is 0.322 e. The molecule has 0 aliphatic carbocycles. The maximum atomic E-state index is 12.5. The molecule has 27 heavy (non-hydrogen) atoms. The zero-order chi connectivity index (χ0) is 18.8. The Balaban J connectivity index is 1.46. The Morgan fingerprint density at radius 3 is 2.63 bits per heavy atom. The van der Waals surface area contributed by atoms with Crippen LogP contribution < -0.4 is 5.32 Å². The van der Waals surface area contributed by atoms with E-state index in [2.05, 4.69) is 47.6 Å². The first kappa shape index (κ1) is 17.3. The number of nitrogens with zero attached hydrogens (tertiary/aromatic N) is 3. The molecule has 0 bridgehead atoms. The molecular formula is C21H18N4OS. The molecule has 0 aliphatic heterocycles. The van der Waals surface area contributed by atoms with Crippen LogP contribution in [-0.2, 0) is 0 Å². The molecule has 1 amide bonds. The standard InChI is InChI=1S/C21H18N4OS/c1-14-3-9-19(15(2)11-14)27-18-7-5-17(6-8-18)23-21(26)16-4-10-20-24-22-13-25(20)12-16/h3-13H,1-2H3,(H,23,26). The van der Waals surface area contributed by atoms with Crippen LogP contribution in [0.2, 0.25) is 0 Å². The van der Waals surface area contributed by atoms with Gasteiger partial charge in [-0.15, -0.1) is 10.2 Å². The third-order valence-corrected chi connectivity index (χ3v) is 5.41. The van der Waals surface area contributed by atoms with E-state index in [4.69, 9.17) is 0 Å². The summed E-state index contributed by atoms with van der Waals surface area (Å²) in [7, 11) is 0. The topological polar surface area (TPSA) is 59.3 Å². The van der Waals surface area contributed by atoms with E-state index in [0.29, 0.717) is 11.2 Å². The minimum atomic E-state index is -0.166. The summed E-state index contributed by atoms with van der Waals surface area (Å²) in [5.41, 5.74) is 4.55. The number of aromatic nitrogens is 3. The van der Waals surface area contributed by atoms with Crippen LogP contribution in [0.1, 0.15) is 21.5 Å². The van der Waals surface area contributed by atoms with Gasteiger partial charge in [-0.2, -0.15) is 0 Å². The molecule has 0 aliphatic rings. The van der Waals surface area contributed by atoms with Crippen molar-refractivity contribution in [3.63, 3.8) is 0 Å². The number of fused-ring (bicyclic) bond motifs is 1. The average molecular weight is 374 g/mol. The van der Waals surface area contributed by atoms with E-state index in [0.717, 1.165) is 10.6 Å². The number of amides is 1. The maximum Gasteiger partial charge on any atom is 0.257 e. The number of pyridine rings is 1. The molecule has 2 aromatic heterocycles. The lowest BCUT2D eigenvalue weighted by molar-refractivity contribution is 0.102. The van der Waals surface area contributed by atoms with Crippen LogP contribution in [-0.4, -0.2) is 20.5 Å². The number of anilines is 1. The normalized spacial score (nSPS) is 10.9. The second-order valence-electron chi connectivity index (χ2n) is 6.36. The summed E-state index contributed by atoms with van der Waals surface area (Å²) < 4.78 is 1.72. The van der Waals surface area contributed by atoms with Crippen molar-refractivity contribution < 1.29 is 4.79 Å². The summed E-state index contributed by atoms with van der Waals surface area (Å²) in [5, 5.41) is 10.7. The number of nitrogens with one attached hydrogen (secondary N) is 1. The van der Waals surface area contributed by atoms with Gasteiger partial charge in [0.2, 0.25) is 0 Å². The Kier molecular flexibility index (Phi) is 4.64. The summed E-state index contributed by atoms with van der Waals surface area (Å²) >= 11 is 1.72. The van der Waals surface area contributed by atoms with Crippen molar-refractivity contribution in [2.75, 3.05) is 5.32 Å². The third kappa shape index (κ3) is 3.85. The number of hydrogen-bond donors (Lipinski definition) is 1. The Labute approximate surface area is 161 Å². The van der Waals surface area contributed by atoms with Crippen molar-refractivity contribution in [1.29, 1.82) is 0 Å². The Bertz CT molecular complexity index is 1120. The number of benzene rings is 2. The molecule has 2 heterocycles. The number of hydrogen-bond acceptors (Lipinski definition) is 4. The lowest BCUT2D eigenvalue weighted by Gasteiger charge is -2.09. The number of carbonyl (C=O) groups is 1. The highest BCUT2D eigenvalue weighted by atomic mass is 32.2. The van der Waals surface area contributed by atoms with E-state index < -0.39 is 0 Å². The van der Waals surface area contributed by atoms with Gasteiger partial charge in [0.15, 0.2) is 5.65 Å². The second-order valence-corrected chi connectivity index (χ2v) is 7.48. The Morgan fingerprint density at radius 2 is 1.85 bits per heavy atom. The molecule has 0 radical (unpaired) electrons. The fourth-order valence-electron chi connectivity index (χ4n) is 2.81. The molecular weight excluding hydrogens is 356 g/mol. The van der Waals surface area contributed by atoms with Gasteiger partial charge in [-0.25, -0.2) is 0 Å². The maximum absolute atomic E-state index is 12.5. The van der Waals surface area contributed by atoms with Crippen molar-refractivity contribution >= 4 is 29.0 Å². The highest BCUT2D eigenvalue weighted by molar-refractivity contribution is 7.99. The molecule has 6 heteroatoms. The molecule has 134 valence electrons. The Morgan fingerprint density at radius 1 is 1.04 bits per heavy atom. The number of aryl methyl sites for hydroxylation is 2. The van der Waals surface area contributed by atoms with E-state index in [9.17, 15) is 4.79 Å². The summed E-state index contributed by atoms with van der Waals surface area (Å²) in [6.45, 7) is 4.22. The molecule has 0 spiro atoms. The summed E-state index contributed by atoms with van der Waals surface area (Å²) in [6, 6.07) is 17.8. The number of rotatable bonds is 4. The van der Waals surface area contributed by atoms with Gasteiger partial charge in [-0.05, 0) is 61.9 Å². The molecule has 0 saturated heterocycles. The van der Waals surface area contributed by atoms with Crippen LogP contribution in [0.25, 0.3) is 5.65 Å². The van der Waals surface area contributed by atoms with E-state index in [1.54, 1.807) is 40.8 Å². The summed E-state index contributed by atoms with van der Waals surface area (Å²) in [6.07, 6.45) is 3.29. The van der Waals surface area contributed by atoms with E-state index in [1.165, 1.54) is 16.0 Å². The highest BCUT2D eigenvalue weighted by Crippen LogP contribution is 2.31. The molecule has 0 saturated carbocycles. The van der Waals surface area contributed by atoms with Crippen LogP contribution in [0.3, 0.4) is 0 Å². The molecule has 4 aromatic rings. The first-order chi connectivity index (χ1) is 13.1. The minimum absolute atomic E-state index is 0.166. The van der Waals surface area contributed by atoms with E-state index in [1.807, 2.05) is 24.3 Å². The van der Waals surface area contributed by atoms with Crippen LogP contribution in [0.4, 0.5) is 5.69 Å². The fourth-order valence-corrected chi connectivity index (χ4v) is 3.69. The van der Waals surface area contributed by atoms with Gasteiger partial charge < -0.3 is 5.32 Å². The Hall–Kier alpha value is -3.12. The quantitative estimate of drug-likeness (QED) is 0.560. The van der Waals surface area contributed by atoms with Crippen molar-refractivity contribution in [3.8, 4) is 0 Å². The highest BCUT2D eigenvalue weighted by Gasteiger charge is 2.08. The average Bonchev–Trinajstić information content (AvgIpc) is 3.13. The van der Waals surface area contributed by atoms with Gasteiger partial charge in [-0.3, -0.25) is 9.20 Å². The van der Waals surface area contributed by atoms with Gasteiger partial charge in [0.05, 0.1) is 5.56 Å². The monoisotopic (exact) mass is 374 g/mol. The first-order valence-electron chi connectivity index (χ1n) is 8.54. The van der Waals surface area contributed by atoms with Crippen LogP contribution >= 0.6 is 11.8 Å². The zero-order valence-corrected chi connectivity index (χ0v) is 15.8. The third-order valence-electron chi connectivity index (χ3n) is 4.22. The zero-order valence-electron chi connectivity index (χ0n) is 15.0. The molecule has 5 nitrogen and oxygen atoms in total. The van der Waals surface area contributed by atoms with Gasteiger partial charge in [0.25, 0.3) is 5.91 Å².